The first-order valence-corrected chi connectivity index (χ1v) is 9.56. The molecule has 0 radical (unpaired) electrons. The monoisotopic (exact) mass is 380 g/mol. The number of benzene rings is 2. The van der Waals surface area contributed by atoms with E-state index in [0.717, 1.165) is 42.6 Å². The summed E-state index contributed by atoms with van der Waals surface area (Å²) in [6.07, 6.45) is 2.06. The van der Waals surface area contributed by atoms with Crippen LogP contribution in [-0.2, 0) is 9.59 Å². The molecule has 2 heterocycles. The molecule has 0 spiro atoms. The van der Waals surface area contributed by atoms with E-state index in [1.807, 2.05) is 44.2 Å². The predicted octanol–water partition coefficient (Wildman–Crippen LogP) is 4.34. The minimum atomic E-state index is -0.281. The maximum atomic E-state index is 13.4. The zero-order valence-corrected chi connectivity index (χ0v) is 16.2. The first-order valence-electron chi connectivity index (χ1n) is 9.18. The molecule has 2 amide bonds. The highest BCUT2D eigenvalue weighted by Crippen LogP contribution is 2.37. The molecule has 0 unspecified atom stereocenters. The zero-order chi connectivity index (χ0) is 19.1. The van der Waals surface area contributed by atoms with Gasteiger partial charge in [-0.3, -0.25) is 9.59 Å². The van der Waals surface area contributed by atoms with Crippen LogP contribution >= 0.6 is 11.6 Å². The van der Waals surface area contributed by atoms with Crippen LogP contribution in [0.15, 0.2) is 48.2 Å². The van der Waals surface area contributed by atoms with E-state index in [0.29, 0.717) is 22.0 Å². The van der Waals surface area contributed by atoms with E-state index in [1.54, 1.807) is 12.1 Å². The molecule has 2 aromatic carbocycles. The number of hydrogen-bond acceptors (Lipinski definition) is 3. The third-order valence-electron chi connectivity index (χ3n) is 5.23. The van der Waals surface area contributed by atoms with E-state index in [9.17, 15) is 9.59 Å². The second-order valence-electron chi connectivity index (χ2n) is 7.16. The van der Waals surface area contributed by atoms with Gasteiger partial charge in [-0.05, 0) is 49.9 Å². The number of carbonyl (C=O) groups is 2. The van der Waals surface area contributed by atoms with Gasteiger partial charge in [0.15, 0.2) is 0 Å². The Morgan fingerprint density at radius 3 is 2.22 bits per heavy atom. The highest BCUT2D eigenvalue weighted by molar-refractivity contribution is 6.45. The van der Waals surface area contributed by atoms with E-state index >= 15 is 0 Å². The van der Waals surface area contributed by atoms with Gasteiger partial charge in [-0.1, -0.05) is 47.5 Å². The van der Waals surface area contributed by atoms with Crippen molar-refractivity contribution in [1.82, 2.24) is 4.90 Å². The summed E-state index contributed by atoms with van der Waals surface area (Å²) >= 11 is 6.15. The number of likely N-dealkylation sites (tertiary alicyclic amines) is 1. The van der Waals surface area contributed by atoms with E-state index < -0.39 is 0 Å². The Bertz CT molecular complexity index is 957. The third-order valence-corrected chi connectivity index (χ3v) is 5.47. The SMILES string of the molecule is Cc1ccc(C2=C(N3CCCC3)C(=O)N(c3cc(Cl)ccc3C)C2=O)cc1. The minimum absolute atomic E-state index is 0.261. The van der Waals surface area contributed by atoms with Crippen molar-refractivity contribution >= 4 is 34.7 Å². The average Bonchev–Trinajstić information content (AvgIpc) is 3.25. The first kappa shape index (κ1) is 17.8. The third kappa shape index (κ3) is 3.04. The molecule has 2 aromatic rings. The molecule has 0 aliphatic carbocycles. The minimum Gasteiger partial charge on any atom is -0.366 e. The number of hydrogen-bond donors (Lipinski definition) is 0. The summed E-state index contributed by atoms with van der Waals surface area (Å²) in [6, 6.07) is 13.1. The molecule has 1 fully saturated rings. The number of anilines is 1. The van der Waals surface area contributed by atoms with Crippen LogP contribution in [0.5, 0.6) is 0 Å². The van der Waals surface area contributed by atoms with E-state index in [-0.39, 0.29) is 11.8 Å². The second-order valence-corrected chi connectivity index (χ2v) is 7.60. The van der Waals surface area contributed by atoms with Crippen molar-refractivity contribution in [1.29, 1.82) is 0 Å². The van der Waals surface area contributed by atoms with Gasteiger partial charge in [0.25, 0.3) is 11.8 Å². The molecule has 4 rings (SSSR count). The van der Waals surface area contributed by atoms with Crippen molar-refractivity contribution in [3.63, 3.8) is 0 Å². The largest absolute Gasteiger partial charge is 0.366 e. The Kier molecular flexibility index (Phi) is 4.52. The highest BCUT2D eigenvalue weighted by atomic mass is 35.5. The Morgan fingerprint density at radius 1 is 0.889 bits per heavy atom. The normalized spacial score (nSPS) is 17.4. The number of aryl methyl sites for hydroxylation is 2. The summed E-state index contributed by atoms with van der Waals surface area (Å²) in [4.78, 5) is 30.1. The summed E-state index contributed by atoms with van der Waals surface area (Å²) in [5, 5.41) is 0.503. The van der Waals surface area contributed by atoms with Crippen LogP contribution in [0.4, 0.5) is 5.69 Å². The van der Waals surface area contributed by atoms with Crippen molar-refractivity contribution in [2.45, 2.75) is 26.7 Å². The van der Waals surface area contributed by atoms with Gasteiger partial charge >= 0.3 is 0 Å². The Balaban J connectivity index is 1.86. The molecule has 0 saturated carbocycles. The van der Waals surface area contributed by atoms with Crippen molar-refractivity contribution in [2.24, 2.45) is 0 Å². The standard InChI is InChI=1S/C22H21ClN2O2/c1-14-5-8-16(9-6-14)19-20(24-11-3-4-12-24)22(27)25(21(19)26)18-13-17(23)10-7-15(18)2/h5-10,13H,3-4,11-12H2,1-2H3. The summed E-state index contributed by atoms with van der Waals surface area (Å²) < 4.78 is 0. The van der Waals surface area contributed by atoms with Crippen LogP contribution in [0, 0.1) is 13.8 Å². The van der Waals surface area contributed by atoms with E-state index in [1.165, 1.54) is 4.90 Å². The van der Waals surface area contributed by atoms with Gasteiger partial charge in [0.05, 0.1) is 11.3 Å². The van der Waals surface area contributed by atoms with Crippen LogP contribution in [0.1, 0.15) is 29.5 Å². The lowest BCUT2D eigenvalue weighted by Crippen LogP contribution is -2.35. The van der Waals surface area contributed by atoms with Gasteiger partial charge < -0.3 is 4.90 Å². The molecule has 1 saturated heterocycles. The molecule has 4 nitrogen and oxygen atoms in total. The molecule has 0 N–H and O–H groups in total. The fourth-order valence-electron chi connectivity index (χ4n) is 3.77. The number of imide groups is 1. The lowest BCUT2D eigenvalue weighted by molar-refractivity contribution is -0.120. The molecule has 0 atom stereocenters. The number of halogens is 1. The van der Waals surface area contributed by atoms with Crippen molar-refractivity contribution in [2.75, 3.05) is 18.0 Å². The Labute approximate surface area is 164 Å². The molecule has 0 aromatic heterocycles. The summed E-state index contributed by atoms with van der Waals surface area (Å²) in [7, 11) is 0. The zero-order valence-electron chi connectivity index (χ0n) is 15.5. The maximum absolute atomic E-state index is 13.4. The van der Waals surface area contributed by atoms with Crippen LogP contribution in [0.2, 0.25) is 5.02 Å². The van der Waals surface area contributed by atoms with Gasteiger partial charge in [0.2, 0.25) is 0 Å². The molecule has 2 aliphatic heterocycles. The smallest absolute Gasteiger partial charge is 0.282 e. The summed E-state index contributed by atoms with van der Waals surface area (Å²) in [6.45, 7) is 5.48. The molecule has 2 aliphatic rings. The quantitative estimate of drug-likeness (QED) is 0.744. The Hall–Kier alpha value is -2.59. The molecule has 5 heteroatoms. The fraction of sp³-hybridized carbons (Fsp3) is 0.273. The molecule has 0 bridgehead atoms. The summed E-state index contributed by atoms with van der Waals surface area (Å²) in [5.41, 5.74) is 4.29. The van der Waals surface area contributed by atoms with Gasteiger partial charge in [-0.15, -0.1) is 0 Å². The Morgan fingerprint density at radius 2 is 1.56 bits per heavy atom. The number of rotatable bonds is 3. The molecular formula is C22H21ClN2O2. The topological polar surface area (TPSA) is 40.6 Å². The first-order chi connectivity index (χ1) is 13.0. The molecule has 27 heavy (non-hydrogen) atoms. The van der Waals surface area contributed by atoms with E-state index in [4.69, 9.17) is 11.6 Å². The number of amides is 2. The van der Waals surface area contributed by atoms with Gasteiger partial charge in [-0.25, -0.2) is 4.90 Å². The summed E-state index contributed by atoms with van der Waals surface area (Å²) in [5.74, 6) is -0.543. The number of nitrogens with zero attached hydrogens (tertiary/aromatic N) is 2. The van der Waals surface area contributed by atoms with E-state index in [2.05, 4.69) is 4.90 Å². The lowest BCUT2D eigenvalue weighted by Gasteiger charge is -2.21. The molecule has 138 valence electrons. The fourth-order valence-corrected chi connectivity index (χ4v) is 3.94. The number of carbonyl (C=O) groups excluding carboxylic acids is 2. The second kappa shape index (κ2) is 6.86. The lowest BCUT2D eigenvalue weighted by atomic mass is 10.0. The van der Waals surface area contributed by atoms with Gasteiger partial charge in [0.1, 0.15) is 5.70 Å². The average molecular weight is 381 g/mol. The van der Waals surface area contributed by atoms with Crippen LogP contribution in [0.3, 0.4) is 0 Å². The van der Waals surface area contributed by atoms with Crippen LogP contribution in [0.25, 0.3) is 5.57 Å². The molecular weight excluding hydrogens is 360 g/mol. The van der Waals surface area contributed by atoms with Gasteiger partial charge in [-0.2, -0.15) is 0 Å². The predicted molar refractivity (Wildman–Crippen MR) is 108 cm³/mol. The van der Waals surface area contributed by atoms with Gasteiger partial charge in [0, 0.05) is 18.1 Å². The highest BCUT2D eigenvalue weighted by Gasteiger charge is 2.43. The van der Waals surface area contributed by atoms with Crippen LogP contribution in [-0.4, -0.2) is 29.8 Å². The van der Waals surface area contributed by atoms with Crippen molar-refractivity contribution in [3.05, 3.63) is 69.9 Å². The maximum Gasteiger partial charge on any atom is 0.282 e. The van der Waals surface area contributed by atoms with Crippen LogP contribution < -0.4 is 4.90 Å². The van der Waals surface area contributed by atoms with Crippen molar-refractivity contribution < 1.29 is 9.59 Å². The van der Waals surface area contributed by atoms with Crippen molar-refractivity contribution in [3.8, 4) is 0 Å².